The number of hydrogen-bond acceptors (Lipinski definition) is 3. The number of ketones is 1. The van der Waals surface area contributed by atoms with Gasteiger partial charge in [0.15, 0.2) is 6.10 Å². The van der Waals surface area contributed by atoms with Crippen LogP contribution in [0.2, 0.25) is 5.02 Å². The van der Waals surface area contributed by atoms with E-state index in [1.54, 1.807) is 43.3 Å². The van der Waals surface area contributed by atoms with Crippen LogP contribution in [0, 0.1) is 0 Å². The lowest BCUT2D eigenvalue weighted by atomic mass is 9.87. The summed E-state index contributed by atoms with van der Waals surface area (Å²) in [5.41, 5.74) is 2.03. The Morgan fingerprint density at radius 2 is 1.42 bits per heavy atom. The number of carbonyl (C=O) groups is 2. The molecule has 3 nitrogen and oxygen atoms in total. The third-order valence-corrected chi connectivity index (χ3v) is 4.02. The lowest BCUT2D eigenvalue weighted by Gasteiger charge is -2.19. The monoisotopic (exact) mass is 344 g/mol. The number of Topliss-reactive ketones (excluding diaryl/α,β-unsaturated/α-hetero) is 1. The number of carbonyl (C=O) groups excluding carboxylic acids is 2. The molecule has 0 unspecified atom stereocenters. The molecular formula is C20H21ClO3. The fraction of sp³-hybridized carbons (Fsp3) is 0.300. The Morgan fingerprint density at radius 3 is 1.92 bits per heavy atom. The van der Waals surface area contributed by atoms with Crippen molar-refractivity contribution < 1.29 is 14.3 Å². The molecule has 0 fully saturated rings. The topological polar surface area (TPSA) is 43.4 Å². The van der Waals surface area contributed by atoms with Crippen LogP contribution < -0.4 is 0 Å². The molecule has 0 aliphatic heterocycles. The van der Waals surface area contributed by atoms with Crippen LogP contribution in [0.25, 0.3) is 0 Å². The van der Waals surface area contributed by atoms with Crippen molar-refractivity contribution in [3.8, 4) is 0 Å². The quantitative estimate of drug-likeness (QED) is 0.574. The summed E-state index contributed by atoms with van der Waals surface area (Å²) >= 11 is 5.81. The summed E-state index contributed by atoms with van der Waals surface area (Å²) in [6.07, 6.45) is -0.860. The van der Waals surface area contributed by atoms with Gasteiger partial charge in [0.05, 0.1) is 5.56 Å². The molecule has 24 heavy (non-hydrogen) atoms. The fourth-order valence-electron chi connectivity index (χ4n) is 2.24. The molecule has 0 amide bonds. The smallest absolute Gasteiger partial charge is 0.338 e. The summed E-state index contributed by atoms with van der Waals surface area (Å²) < 4.78 is 5.29. The molecule has 2 rings (SSSR count). The normalized spacial score (nSPS) is 12.5. The number of esters is 1. The average Bonchev–Trinajstić information content (AvgIpc) is 2.54. The second-order valence-corrected chi connectivity index (χ2v) is 7.18. The van der Waals surface area contributed by atoms with E-state index in [9.17, 15) is 9.59 Å². The van der Waals surface area contributed by atoms with Gasteiger partial charge in [-0.25, -0.2) is 4.79 Å². The van der Waals surface area contributed by atoms with E-state index in [1.165, 1.54) is 0 Å². The number of halogens is 1. The van der Waals surface area contributed by atoms with Gasteiger partial charge in [-0.05, 0) is 54.3 Å². The highest BCUT2D eigenvalue weighted by atomic mass is 35.5. The summed E-state index contributed by atoms with van der Waals surface area (Å²) in [5.74, 6) is -0.767. The first kappa shape index (κ1) is 18.2. The van der Waals surface area contributed by atoms with Crippen LogP contribution in [0.3, 0.4) is 0 Å². The molecule has 0 bridgehead atoms. The van der Waals surface area contributed by atoms with Crippen LogP contribution in [-0.4, -0.2) is 17.9 Å². The van der Waals surface area contributed by atoms with Crippen LogP contribution in [0.1, 0.15) is 54.0 Å². The molecule has 0 heterocycles. The zero-order chi connectivity index (χ0) is 17.9. The highest BCUT2D eigenvalue weighted by Gasteiger charge is 2.21. The molecule has 0 spiro atoms. The van der Waals surface area contributed by atoms with E-state index in [-0.39, 0.29) is 11.2 Å². The third kappa shape index (κ3) is 4.45. The second kappa shape index (κ2) is 7.18. The summed E-state index contributed by atoms with van der Waals surface area (Å²) in [6.45, 7) is 7.88. The van der Waals surface area contributed by atoms with E-state index in [0.717, 1.165) is 5.56 Å². The van der Waals surface area contributed by atoms with Crippen molar-refractivity contribution in [1.29, 1.82) is 0 Å². The maximum absolute atomic E-state index is 12.3. The van der Waals surface area contributed by atoms with Crippen LogP contribution in [0.4, 0.5) is 0 Å². The van der Waals surface area contributed by atoms with Gasteiger partial charge in [-0.1, -0.05) is 44.5 Å². The molecule has 0 saturated carbocycles. The Morgan fingerprint density at radius 1 is 0.917 bits per heavy atom. The van der Waals surface area contributed by atoms with Crippen molar-refractivity contribution in [2.24, 2.45) is 0 Å². The Kier molecular flexibility index (Phi) is 5.45. The zero-order valence-corrected chi connectivity index (χ0v) is 15.1. The van der Waals surface area contributed by atoms with Gasteiger partial charge in [-0.15, -0.1) is 0 Å². The van der Waals surface area contributed by atoms with E-state index in [0.29, 0.717) is 16.1 Å². The van der Waals surface area contributed by atoms with Gasteiger partial charge in [0.25, 0.3) is 0 Å². The van der Waals surface area contributed by atoms with E-state index in [4.69, 9.17) is 16.3 Å². The van der Waals surface area contributed by atoms with Crippen molar-refractivity contribution in [3.63, 3.8) is 0 Å². The highest BCUT2D eigenvalue weighted by Crippen LogP contribution is 2.22. The average molecular weight is 345 g/mol. The minimum absolute atomic E-state index is 0.0142. The van der Waals surface area contributed by atoms with Crippen molar-refractivity contribution >= 4 is 23.4 Å². The minimum Gasteiger partial charge on any atom is -0.451 e. The Labute approximate surface area is 147 Å². The minimum atomic E-state index is -0.860. The number of rotatable bonds is 4. The van der Waals surface area contributed by atoms with Gasteiger partial charge in [-0.3, -0.25) is 4.79 Å². The lowest BCUT2D eigenvalue weighted by molar-refractivity contribution is 0.0319. The maximum Gasteiger partial charge on any atom is 0.338 e. The molecular weight excluding hydrogens is 324 g/mol. The first-order valence-electron chi connectivity index (χ1n) is 7.80. The molecule has 0 saturated heterocycles. The van der Waals surface area contributed by atoms with Gasteiger partial charge in [0.1, 0.15) is 0 Å². The van der Waals surface area contributed by atoms with E-state index in [1.807, 2.05) is 12.1 Å². The maximum atomic E-state index is 12.3. The van der Waals surface area contributed by atoms with Gasteiger partial charge >= 0.3 is 5.97 Å². The highest BCUT2D eigenvalue weighted by molar-refractivity contribution is 6.30. The van der Waals surface area contributed by atoms with Crippen molar-refractivity contribution in [2.75, 3.05) is 0 Å². The SMILES string of the molecule is C[C@H](OC(=O)c1ccc(C(C)(C)C)cc1)C(=O)c1ccc(Cl)cc1. The fourth-order valence-corrected chi connectivity index (χ4v) is 2.36. The van der Waals surface area contributed by atoms with Crippen molar-refractivity contribution in [2.45, 2.75) is 39.2 Å². The molecule has 0 N–H and O–H groups in total. The Balaban J connectivity index is 2.05. The van der Waals surface area contributed by atoms with Crippen LogP contribution in [-0.2, 0) is 10.2 Å². The third-order valence-electron chi connectivity index (χ3n) is 3.77. The van der Waals surface area contributed by atoms with Crippen LogP contribution in [0.5, 0.6) is 0 Å². The van der Waals surface area contributed by atoms with Crippen molar-refractivity contribution in [1.82, 2.24) is 0 Å². The first-order chi connectivity index (χ1) is 11.2. The van der Waals surface area contributed by atoms with E-state index >= 15 is 0 Å². The number of hydrogen-bond donors (Lipinski definition) is 0. The lowest BCUT2D eigenvalue weighted by Crippen LogP contribution is -2.24. The van der Waals surface area contributed by atoms with Gasteiger partial charge in [0, 0.05) is 10.6 Å². The molecule has 2 aromatic carbocycles. The molecule has 0 aromatic heterocycles. The van der Waals surface area contributed by atoms with Crippen LogP contribution in [0.15, 0.2) is 48.5 Å². The number of benzene rings is 2. The molecule has 0 aliphatic rings. The number of ether oxygens (including phenoxy) is 1. The Bertz CT molecular complexity index is 725. The van der Waals surface area contributed by atoms with Crippen molar-refractivity contribution in [3.05, 3.63) is 70.2 Å². The molecule has 126 valence electrons. The molecule has 2 aromatic rings. The summed E-state index contributed by atoms with van der Waals surface area (Å²) in [7, 11) is 0. The molecule has 0 aliphatic carbocycles. The second-order valence-electron chi connectivity index (χ2n) is 6.75. The summed E-state index contributed by atoms with van der Waals surface area (Å²) in [6, 6.07) is 13.8. The predicted octanol–water partition coefficient (Wildman–Crippen LogP) is 5.07. The molecule has 1 atom stereocenters. The molecule has 4 heteroatoms. The van der Waals surface area contributed by atoms with Gasteiger partial charge in [-0.2, -0.15) is 0 Å². The van der Waals surface area contributed by atoms with Gasteiger partial charge in [0.2, 0.25) is 5.78 Å². The van der Waals surface area contributed by atoms with Gasteiger partial charge < -0.3 is 4.74 Å². The van der Waals surface area contributed by atoms with E-state index < -0.39 is 12.1 Å². The summed E-state index contributed by atoms with van der Waals surface area (Å²) in [5, 5.41) is 0.551. The largest absolute Gasteiger partial charge is 0.451 e. The van der Waals surface area contributed by atoms with Crippen LogP contribution >= 0.6 is 11.6 Å². The zero-order valence-electron chi connectivity index (χ0n) is 14.3. The summed E-state index contributed by atoms with van der Waals surface area (Å²) in [4.78, 5) is 24.5. The Hall–Kier alpha value is -2.13. The first-order valence-corrected chi connectivity index (χ1v) is 8.17. The standard InChI is InChI=1S/C20H21ClO3/c1-13(18(22)14-7-11-17(21)12-8-14)24-19(23)15-5-9-16(10-6-15)20(2,3)4/h5-13H,1-4H3/t13-/m0/s1. The predicted molar refractivity (Wildman–Crippen MR) is 95.8 cm³/mol. The molecule has 0 radical (unpaired) electrons. The van der Waals surface area contributed by atoms with E-state index in [2.05, 4.69) is 20.8 Å².